The third-order valence-corrected chi connectivity index (χ3v) is 9.00. The number of anilines is 1. The van der Waals surface area contributed by atoms with Gasteiger partial charge in [-0.25, -0.2) is 14.5 Å². The highest BCUT2D eigenvalue weighted by atomic mass is 32.2. The Morgan fingerprint density at radius 1 is 1.10 bits per heavy atom. The smallest absolute Gasteiger partial charge is 0.341 e. The van der Waals surface area contributed by atoms with Gasteiger partial charge in [0.2, 0.25) is 11.8 Å². The molecule has 0 aromatic carbocycles. The van der Waals surface area contributed by atoms with Crippen molar-refractivity contribution in [3.63, 3.8) is 0 Å². The number of fused-ring (bicyclic) bond motifs is 1. The average molecular weight is 569 g/mol. The van der Waals surface area contributed by atoms with Gasteiger partial charge in [0.1, 0.15) is 11.5 Å². The van der Waals surface area contributed by atoms with Crippen LogP contribution in [-0.2, 0) is 33.7 Å². The van der Waals surface area contributed by atoms with Crippen LogP contribution in [0.4, 0.5) is 5.00 Å². The highest BCUT2D eigenvalue weighted by Gasteiger charge is 2.28. The maximum atomic E-state index is 13.2. The second-order valence-corrected chi connectivity index (χ2v) is 11.7. The molecule has 2 amide bonds. The van der Waals surface area contributed by atoms with Crippen LogP contribution in [0.1, 0.15) is 66.2 Å². The van der Waals surface area contributed by atoms with Crippen molar-refractivity contribution in [3.05, 3.63) is 40.5 Å². The summed E-state index contributed by atoms with van der Waals surface area (Å²) in [5.74, 6) is -0.170. The second-order valence-electron chi connectivity index (χ2n) is 9.63. The Kier molecular flexibility index (Phi) is 8.92. The molecule has 10 nitrogen and oxygen atoms in total. The Balaban J connectivity index is 1.31. The van der Waals surface area contributed by atoms with E-state index in [4.69, 9.17) is 4.74 Å². The molecule has 1 saturated carbocycles. The number of hydrogen-bond acceptors (Lipinski definition) is 9. The lowest BCUT2D eigenvalue weighted by Gasteiger charge is -2.22. The molecule has 1 fully saturated rings. The summed E-state index contributed by atoms with van der Waals surface area (Å²) in [4.78, 5) is 48.3. The van der Waals surface area contributed by atoms with Gasteiger partial charge in [0.05, 0.1) is 17.9 Å². The number of aromatic nitrogens is 4. The van der Waals surface area contributed by atoms with E-state index >= 15 is 0 Å². The first-order chi connectivity index (χ1) is 19.0. The number of amides is 2. The number of carbonyl (C=O) groups is 3. The number of nitrogens with one attached hydrogen (secondary N) is 2. The van der Waals surface area contributed by atoms with Crippen LogP contribution >= 0.6 is 23.1 Å². The molecule has 0 radical (unpaired) electrons. The number of rotatable bonds is 10. The molecule has 0 unspecified atom stereocenters. The van der Waals surface area contributed by atoms with E-state index in [9.17, 15) is 14.4 Å². The van der Waals surface area contributed by atoms with E-state index in [1.165, 1.54) is 34.2 Å². The number of nitrogens with zero attached hydrogens (tertiary/aromatic N) is 4. The van der Waals surface area contributed by atoms with Crippen LogP contribution in [0.3, 0.4) is 0 Å². The largest absolute Gasteiger partial charge is 0.462 e. The van der Waals surface area contributed by atoms with Crippen molar-refractivity contribution in [2.75, 3.05) is 17.7 Å². The van der Waals surface area contributed by atoms with Crippen molar-refractivity contribution in [1.29, 1.82) is 0 Å². The van der Waals surface area contributed by atoms with Gasteiger partial charge in [0, 0.05) is 28.9 Å². The van der Waals surface area contributed by atoms with Gasteiger partial charge >= 0.3 is 5.97 Å². The van der Waals surface area contributed by atoms with Crippen LogP contribution in [0.2, 0.25) is 0 Å². The minimum Gasteiger partial charge on any atom is -0.462 e. The molecular formula is C27H32N6O4S2. The first-order valence-electron chi connectivity index (χ1n) is 13.4. The molecule has 2 N–H and O–H groups in total. The van der Waals surface area contributed by atoms with Gasteiger partial charge in [-0.15, -0.1) is 16.4 Å². The van der Waals surface area contributed by atoms with Crippen LogP contribution < -0.4 is 10.6 Å². The molecule has 0 saturated heterocycles. The molecule has 0 spiro atoms. The molecular weight excluding hydrogens is 536 g/mol. The molecule has 2 aliphatic carbocycles. The molecule has 5 rings (SSSR count). The summed E-state index contributed by atoms with van der Waals surface area (Å²) >= 11 is 2.69. The lowest BCUT2D eigenvalue weighted by molar-refractivity contribution is -0.119. The first kappa shape index (κ1) is 27.3. The zero-order chi connectivity index (χ0) is 27.2. The highest BCUT2D eigenvalue weighted by molar-refractivity contribution is 7.99. The van der Waals surface area contributed by atoms with Crippen LogP contribution in [0.25, 0.3) is 11.4 Å². The second kappa shape index (κ2) is 12.7. The van der Waals surface area contributed by atoms with Gasteiger partial charge in [-0.2, -0.15) is 0 Å². The fourth-order valence-corrected chi connectivity index (χ4v) is 7.06. The van der Waals surface area contributed by atoms with Crippen molar-refractivity contribution in [2.24, 2.45) is 0 Å². The Hall–Kier alpha value is -3.25. The van der Waals surface area contributed by atoms with Gasteiger partial charge < -0.3 is 15.4 Å². The number of carbonyl (C=O) groups excluding carboxylic acids is 3. The first-order valence-corrected chi connectivity index (χ1v) is 15.2. The average Bonchev–Trinajstić information content (AvgIpc) is 3.63. The number of thiophene rings is 1. The number of ether oxygens (including phenoxy) is 1. The fourth-order valence-electron chi connectivity index (χ4n) is 5.02. The van der Waals surface area contributed by atoms with E-state index in [2.05, 4.69) is 25.7 Å². The third kappa shape index (κ3) is 6.67. The molecule has 0 aliphatic heterocycles. The lowest BCUT2D eigenvalue weighted by atomic mass is 9.95. The number of esters is 1. The molecule has 3 aromatic heterocycles. The van der Waals surface area contributed by atoms with E-state index in [1.807, 2.05) is 0 Å². The lowest BCUT2D eigenvalue weighted by Crippen LogP contribution is -2.37. The Labute approximate surface area is 235 Å². The normalized spacial score (nSPS) is 15.1. The molecule has 12 heteroatoms. The van der Waals surface area contributed by atoms with E-state index < -0.39 is 5.97 Å². The minimum absolute atomic E-state index is 0.0523. The maximum absolute atomic E-state index is 13.2. The molecule has 3 aromatic rings. The summed E-state index contributed by atoms with van der Waals surface area (Å²) in [6, 6.07) is 3.81. The quantitative estimate of drug-likeness (QED) is 0.275. The minimum atomic E-state index is -0.409. The molecule has 0 bridgehead atoms. The van der Waals surface area contributed by atoms with Crippen molar-refractivity contribution < 1.29 is 19.1 Å². The van der Waals surface area contributed by atoms with Crippen LogP contribution in [-0.4, -0.2) is 55.9 Å². The van der Waals surface area contributed by atoms with E-state index in [-0.39, 0.29) is 36.8 Å². The Bertz CT molecular complexity index is 1330. The van der Waals surface area contributed by atoms with Gasteiger partial charge in [0.15, 0.2) is 11.0 Å². The predicted molar refractivity (Wildman–Crippen MR) is 150 cm³/mol. The van der Waals surface area contributed by atoms with Crippen LogP contribution in [0.15, 0.2) is 29.7 Å². The monoisotopic (exact) mass is 568 g/mol. The van der Waals surface area contributed by atoms with Crippen molar-refractivity contribution in [1.82, 2.24) is 25.1 Å². The van der Waals surface area contributed by atoms with Crippen molar-refractivity contribution in [3.8, 4) is 11.4 Å². The predicted octanol–water partition coefficient (Wildman–Crippen LogP) is 4.25. The van der Waals surface area contributed by atoms with Crippen LogP contribution in [0.5, 0.6) is 0 Å². The number of thioether (sulfide) groups is 1. The highest BCUT2D eigenvalue weighted by Crippen LogP contribution is 2.39. The van der Waals surface area contributed by atoms with Gasteiger partial charge in [-0.1, -0.05) is 31.0 Å². The van der Waals surface area contributed by atoms with E-state index in [0.717, 1.165) is 60.9 Å². The molecule has 3 heterocycles. The van der Waals surface area contributed by atoms with Crippen molar-refractivity contribution in [2.45, 2.75) is 76.0 Å². The summed E-state index contributed by atoms with van der Waals surface area (Å²) < 4.78 is 6.78. The van der Waals surface area contributed by atoms with E-state index in [1.54, 1.807) is 31.5 Å². The SMILES string of the molecule is CCOC(=O)c1c(NC(=O)Cn2nc(-c3ccncc3)nc2SCC(=O)NC2CCCCC2)sc2c1CCC2. The molecule has 206 valence electrons. The number of hydrogen-bond donors (Lipinski definition) is 2. The topological polar surface area (TPSA) is 128 Å². The standard InChI is InChI=1S/C27H32N6O4S2/c1-2-37-26(36)23-19-9-6-10-20(19)39-25(23)30-21(34)15-33-27(31-24(32-33)17-11-13-28-14-12-17)38-16-22(35)29-18-7-4-3-5-8-18/h11-14,18H,2-10,15-16H2,1H3,(H,29,35)(H,30,34). The fraction of sp³-hybridized carbons (Fsp3) is 0.481. The van der Waals surface area contributed by atoms with Gasteiger partial charge in [-0.3, -0.25) is 14.6 Å². The summed E-state index contributed by atoms with van der Waals surface area (Å²) in [6.45, 7) is 1.92. The maximum Gasteiger partial charge on any atom is 0.341 e. The molecule has 2 aliphatic rings. The third-order valence-electron chi connectivity index (χ3n) is 6.83. The zero-order valence-corrected chi connectivity index (χ0v) is 23.5. The Morgan fingerprint density at radius 3 is 2.67 bits per heavy atom. The molecule has 39 heavy (non-hydrogen) atoms. The summed E-state index contributed by atoms with van der Waals surface area (Å²) in [6.07, 6.45) is 11.5. The van der Waals surface area contributed by atoms with Crippen LogP contribution in [0, 0.1) is 0 Å². The number of aryl methyl sites for hydroxylation is 1. The van der Waals surface area contributed by atoms with Crippen molar-refractivity contribution >= 4 is 45.9 Å². The summed E-state index contributed by atoms with van der Waals surface area (Å²) in [5.41, 5.74) is 2.21. The zero-order valence-electron chi connectivity index (χ0n) is 21.9. The molecule has 0 atom stereocenters. The Morgan fingerprint density at radius 2 is 1.90 bits per heavy atom. The van der Waals surface area contributed by atoms with Gasteiger partial charge in [0.25, 0.3) is 0 Å². The summed E-state index contributed by atoms with van der Waals surface area (Å²) in [7, 11) is 0. The number of pyridine rings is 1. The van der Waals surface area contributed by atoms with E-state index in [0.29, 0.717) is 21.5 Å². The summed E-state index contributed by atoms with van der Waals surface area (Å²) in [5, 5.41) is 11.6. The van der Waals surface area contributed by atoms with Gasteiger partial charge in [-0.05, 0) is 56.7 Å².